The molecule has 6 heteroatoms. The molecule has 0 spiro atoms. The first-order valence-electron chi connectivity index (χ1n) is 8.44. The number of nitrogens with one attached hydrogen (secondary N) is 1. The van der Waals surface area contributed by atoms with Crippen molar-refractivity contribution in [2.75, 3.05) is 5.32 Å². The fraction of sp³-hybridized carbons (Fsp3) is 0.143. The number of para-hydroxylation sites is 1. The van der Waals surface area contributed by atoms with Crippen LogP contribution >= 0.6 is 0 Å². The van der Waals surface area contributed by atoms with Gasteiger partial charge in [0.15, 0.2) is 11.2 Å². The second-order valence-electron chi connectivity index (χ2n) is 6.58. The topological polar surface area (TPSA) is 77.8 Å². The van der Waals surface area contributed by atoms with Gasteiger partial charge in [0.25, 0.3) is 5.79 Å². The Morgan fingerprint density at radius 2 is 1.63 bits per heavy atom. The first-order chi connectivity index (χ1) is 12.9. The van der Waals surface area contributed by atoms with Gasteiger partial charge in [0.05, 0.1) is 5.69 Å². The molecule has 6 nitrogen and oxygen atoms in total. The van der Waals surface area contributed by atoms with Gasteiger partial charge in [-0.25, -0.2) is 9.59 Å². The minimum Gasteiger partial charge on any atom is -0.454 e. The van der Waals surface area contributed by atoms with E-state index in [0.717, 1.165) is 16.7 Å². The lowest BCUT2D eigenvalue weighted by Crippen LogP contribution is -2.42. The van der Waals surface area contributed by atoms with E-state index in [2.05, 4.69) is 5.32 Å². The third-order valence-electron chi connectivity index (χ3n) is 4.09. The zero-order chi connectivity index (χ0) is 19.0. The number of anilines is 1. The van der Waals surface area contributed by atoms with E-state index in [0.29, 0.717) is 11.3 Å². The van der Waals surface area contributed by atoms with Crippen LogP contribution in [0.25, 0.3) is 22.3 Å². The van der Waals surface area contributed by atoms with Crippen LogP contribution in [0, 0.1) is 0 Å². The fourth-order valence-corrected chi connectivity index (χ4v) is 2.85. The molecule has 1 aliphatic rings. The molecule has 1 fully saturated rings. The number of furan rings is 1. The molecule has 0 amide bonds. The van der Waals surface area contributed by atoms with Crippen molar-refractivity contribution < 1.29 is 23.5 Å². The molecule has 1 N–H and O–H groups in total. The average Bonchev–Trinajstić information content (AvgIpc) is 3.06. The number of hydrogen-bond donors (Lipinski definition) is 1. The van der Waals surface area contributed by atoms with E-state index in [1.165, 1.54) is 20.0 Å². The number of hydrogen-bond acceptors (Lipinski definition) is 6. The maximum atomic E-state index is 12.0. The molecule has 27 heavy (non-hydrogen) atoms. The molecule has 0 unspecified atom stereocenters. The normalized spacial score (nSPS) is 16.0. The Morgan fingerprint density at radius 3 is 2.33 bits per heavy atom. The lowest BCUT2D eigenvalue weighted by Gasteiger charge is -2.29. The van der Waals surface area contributed by atoms with Crippen LogP contribution in [0.3, 0.4) is 0 Å². The maximum Gasteiger partial charge on any atom is 0.350 e. The van der Waals surface area contributed by atoms with Gasteiger partial charge in [0.1, 0.15) is 5.76 Å². The quantitative estimate of drug-likeness (QED) is 0.426. The summed E-state index contributed by atoms with van der Waals surface area (Å²) in [7, 11) is 0. The Labute approximate surface area is 155 Å². The minimum absolute atomic E-state index is 0.207. The third-order valence-corrected chi connectivity index (χ3v) is 4.09. The third kappa shape index (κ3) is 3.29. The Balaban J connectivity index is 1.66. The molecule has 136 valence electrons. The molecule has 0 radical (unpaired) electrons. The summed E-state index contributed by atoms with van der Waals surface area (Å²) in [6.07, 6.45) is 1.28. The first kappa shape index (κ1) is 16.9. The molecule has 1 aromatic heterocycles. The number of carbonyl (C=O) groups excluding carboxylic acids is 2. The summed E-state index contributed by atoms with van der Waals surface area (Å²) in [5.41, 5.74) is 1.99. The number of cyclic esters (lactones) is 2. The molecule has 1 saturated heterocycles. The fourth-order valence-electron chi connectivity index (χ4n) is 2.85. The number of carbonyl (C=O) groups is 2. The van der Waals surface area contributed by atoms with Gasteiger partial charge in [-0.2, -0.15) is 0 Å². The van der Waals surface area contributed by atoms with Gasteiger partial charge in [0, 0.05) is 31.0 Å². The molecule has 0 bridgehead atoms. The number of benzene rings is 2. The molecular formula is C21H17NO5. The van der Waals surface area contributed by atoms with Crippen LogP contribution in [0.4, 0.5) is 5.69 Å². The summed E-state index contributed by atoms with van der Waals surface area (Å²) in [4.78, 5) is 24.1. The van der Waals surface area contributed by atoms with Crippen molar-refractivity contribution in [2.24, 2.45) is 0 Å². The zero-order valence-corrected chi connectivity index (χ0v) is 14.8. The number of ether oxygens (including phenoxy) is 2. The average molecular weight is 363 g/mol. The standard InChI is InChI=1S/C21H17NO5/c1-21(2)26-19(23)15(20(24)27-21)12-22-16-10-6-9-14-11-17(25-18(14)16)13-7-4-3-5-8-13/h3-12,22H,1-2H3. The molecule has 2 heterocycles. The number of fused-ring (bicyclic) bond motifs is 1. The summed E-state index contributed by atoms with van der Waals surface area (Å²) in [6, 6.07) is 17.3. The zero-order valence-electron chi connectivity index (χ0n) is 14.8. The second-order valence-corrected chi connectivity index (χ2v) is 6.58. The van der Waals surface area contributed by atoms with Crippen molar-refractivity contribution in [3.63, 3.8) is 0 Å². The van der Waals surface area contributed by atoms with Crippen molar-refractivity contribution >= 4 is 28.6 Å². The number of rotatable bonds is 3. The van der Waals surface area contributed by atoms with Crippen LogP contribution in [-0.4, -0.2) is 17.7 Å². The van der Waals surface area contributed by atoms with Crippen LogP contribution in [0.1, 0.15) is 13.8 Å². The summed E-state index contributed by atoms with van der Waals surface area (Å²) in [6.45, 7) is 3.00. The van der Waals surface area contributed by atoms with Gasteiger partial charge >= 0.3 is 11.9 Å². The molecule has 0 saturated carbocycles. The molecule has 2 aromatic carbocycles. The largest absolute Gasteiger partial charge is 0.454 e. The Hall–Kier alpha value is -3.54. The van der Waals surface area contributed by atoms with Crippen molar-refractivity contribution in [3.05, 3.63) is 66.4 Å². The molecule has 0 aliphatic carbocycles. The highest BCUT2D eigenvalue weighted by Crippen LogP contribution is 2.32. The summed E-state index contributed by atoms with van der Waals surface area (Å²) < 4.78 is 16.1. The van der Waals surface area contributed by atoms with E-state index >= 15 is 0 Å². The van der Waals surface area contributed by atoms with Gasteiger partial charge in [-0.1, -0.05) is 42.5 Å². The summed E-state index contributed by atoms with van der Waals surface area (Å²) in [5.74, 6) is -2.01. The van der Waals surface area contributed by atoms with E-state index in [4.69, 9.17) is 13.9 Å². The van der Waals surface area contributed by atoms with Gasteiger partial charge < -0.3 is 19.2 Å². The van der Waals surface area contributed by atoms with Crippen LogP contribution in [-0.2, 0) is 19.1 Å². The van der Waals surface area contributed by atoms with E-state index in [1.54, 1.807) is 6.07 Å². The van der Waals surface area contributed by atoms with Crippen molar-refractivity contribution in [1.82, 2.24) is 0 Å². The first-order valence-corrected chi connectivity index (χ1v) is 8.44. The molecule has 0 atom stereocenters. The lowest BCUT2D eigenvalue weighted by molar-refractivity contribution is -0.222. The molecule has 1 aliphatic heterocycles. The highest BCUT2D eigenvalue weighted by molar-refractivity contribution is 6.15. The van der Waals surface area contributed by atoms with Gasteiger partial charge in [-0.05, 0) is 12.1 Å². The van der Waals surface area contributed by atoms with Gasteiger partial charge in [-0.3, -0.25) is 0 Å². The minimum atomic E-state index is -1.27. The van der Waals surface area contributed by atoms with Gasteiger partial charge in [0.2, 0.25) is 0 Å². The Bertz CT molecular complexity index is 1040. The predicted molar refractivity (Wildman–Crippen MR) is 99.6 cm³/mol. The van der Waals surface area contributed by atoms with Crippen LogP contribution < -0.4 is 5.32 Å². The van der Waals surface area contributed by atoms with Crippen molar-refractivity contribution in [3.8, 4) is 11.3 Å². The van der Waals surface area contributed by atoms with Crippen molar-refractivity contribution in [1.29, 1.82) is 0 Å². The SMILES string of the molecule is CC1(C)OC(=O)C(=CNc2cccc3cc(-c4ccccc4)oc23)C(=O)O1. The second kappa shape index (κ2) is 6.32. The number of esters is 2. The molecule has 4 rings (SSSR count). The van der Waals surface area contributed by atoms with Gasteiger partial charge in [-0.15, -0.1) is 0 Å². The Morgan fingerprint density at radius 1 is 0.926 bits per heavy atom. The molecule has 3 aromatic rings. The maximum absolute atomic E-state index is 12.0. The Kier molecular flexibility index (Phi) is 3.96. The molecular weight excluding hydrogens is 346 g/mol. The highest BCUT2D eigenvalue weighted by atomic mass is 16.7. The van der Waals surface area contributed by atoms with Crippen LogP contribution in [0.5, 0.6) is 0 Å². The van der Waals surface area contributed by atoms with Crippen LogP contribution in [0.15, 0.2) is 70.8 Å². The predicted octanol–water partition coefficient (Wildman–Crippen LogP) is 4.23. The summed E-state index contributed by atoms with van der Waals surface area (Å²) in [5, 5.41) is 3.85. The van der Waals surface area contributed by atoms with E-state index in [1.807, 2.05) is 48.5 Å². The van der Waals surface area contributed by atoms with Crippen molar-refractivity contribution in [2.45, 2.75) is 19.6 Å². The van der Waals surface area contributed by atoms with E-state index in [-0.39, 0.29) is 5.57 Å². The lowest BCUT2D eigenvalue weighted by atomic mass is 10.1. The monoisotopic (exact) mass is 363 g/mol. The van der Waals surface area contributed by atoms with Crippen LogP contribution in [0.2, 0.25) is 0 Å². The summed E-state index contributed by atoms with van der Waals surface area (Å²) >= 11 is 0. The highest BCUT2D eigenvalue weighted by Gasteiger charge is 2.38. The van der Waals surface area contributed by atoms with E-state index in [9.17, 15) is 9.59 Å². The van der Waals surface area contributed by atoms with E-state index < -0.39 is 17.7 Å². The smallest absolute Gasteiger partial charge is 0.350 e.